The van der Waals surface area contributed by atoms with E-state index < -0.39 is 5.97 Å². The summed E-state index contributed by atoms with van der Waals surface area (Å²) in [5.74, 6) is 0.631. The lowest BCUT2D eigenvalue weighted by molar-refractivity contribution is -0.115. The first-order chi connectivity index (χ1) is 18.4. The van der Waals surface area contributed by atoms with Gasteiger partial charge in [0.05, 0.1) is 32.9 Å². The largest absolute Gasteiger partial charge is 0.494 e. The first kappa shape index (κ1) is 27.5. The SMILES string of the molecule is CCOc1ccc(N=C2NC(=O)/C(=C\c3cc(I)c(OCc4cccc(C(=O)O)c4)c(OCC)c3)S2)cc1. The Morgan fingerprint density at radius 2 is 1.82 bits per heavy atom. The van der Waals surface area contributed by atoms with E-state index in [4.69, 9.17) is 14.2 Å². The van der Waals surface area contributed by atoms with Crippen LogP contribution in [0.15, 0.2) is 70.6 Å². The molecule has 1 aliphatic rings. The molecule has 0 spiro atoms. The van der Waals surface area contributed by atoms with Crippen molar-refractivity contribution in [3.63, 3.8) is 0 Å². The van der Waals surface area contributed by atoms with E-state index in [1.807, 2.05) is 50.2 Å². The van der Waals surface area contributed by atoms with Gasteiger partial charge in [-0.05, 0) is 114 Å². The highest BCUT2D eigenvalue weighted by Gasteiger charge is 2.24. The molecule has 1 amide bonds. The van der Waals surface area contributed by atoms with E-state index in [-0.39, 0.29) is 18.1 Å². The molecule has 0 bridgehead atoms. The fraction of sp³-hybridized carbons (Fsp3) is 0.179. The number of benzene rings is 3. The van der Waals surface area contributed by atoms with Crippen LogP contribution in [0.3, 0.4) is 0 Å². The topological polar surface area (TPSA) is 106 Å². The molecule has 3 aromatic rings. The van der Waals surface area contributed by atoms with Gasteiger partial charge in [-0.15, -0.1) is 0 Å². The van der Waals surface area contributed by atoms with Crippen LogP contribution in [0, 0.1) is 3.57 Å². The summed E-state index contributed by atoms with van der Waals surface area (Å²) in [5.41, 5.74) is 2.41. The van der Waals surface area contributed by atoms with E-state index in [1.54, 1.807) is 24.3 Å². The van der Waals surface area contributed by atoms with Crippen molar-refractivity contribution in [1.29, 1.82) is 0 Å². The molecule has 0 aromatic heterocycles. The van der Waals surface area contributed by atoms with E-state index in [0.717, 1.165) is 20.4 Å². The van der Waals surface area contributed by atoms with Crippen LogP contribution in [0.5, 0.6) is 17.2 Å². The second-order valence-electron chi connectivity index (χ2n) is 7.97. The van der Waals surface area contributed by atoms with E-state index in [9.17, 15) is 14.7 Å². The number of nitrogens with zero attached hydrogens (tertiary/aromatic N) is 1. The summed E-state index contributed by atoms with van der Waals surface area (Å²) in [6.45, 7) is 5.00. The van der Waals surface area contributed by atoms with Gasteiger partial charge in [-0.3, -0.25) is 4.79 Å². The molecule has 1 aliphatic heterocycles. The van der Waals surface area contributed by atoms with Crippen molar-refractivity contribution in [3.05, 3.63) is 85.8 Å². The zero-order chi connectivity index (χ0) is 27.1. The summed E-state index contributed by atoms with van der Waals surface area (Å²) in [7, 11) is 0. The van der Waals surface area contributed by atoms with E-state index >= 15 is 0 Å². The number of nitrogens with one attached hydrogen (secondary N) is 1. The van der Waals surface area contributed by atoms with Crippen LogP contribution in [-0.4, -0.2) is 35.4 Å². The zero-order valence-corrected chi connectivity index (χ0v) is 23.7. The maximum Gasteiger partial charge on any atom is 0.335 e. The van der Waals surface area contributed by atoms with Gasteiger partial charge in [0.1, 0.15) is 12.4 Å². The number of hydrogen-bond acceptors (Lipinski definition) is 7. The van der Waals surface area contributed by atoms with Crippen molar-refractivity contribution < 1.29 is 28.9 Å². The number of thioether (sulfide) groups is 1. The Hall–Kier alpha value is -3.51. The minimum Gasteiger partial charge on any atom is -0.494 e. The Morgan fingerprint density at radius 3 is 2.53 bits per heavy atom. The van der Waals surface area contributed by atoms with E-state index in [0.29, 0.717) is 40.5 Å². The highest BCUT2D eigenvalue weighted by atomic mass is 127. The second kappa shape index (κ2) is 12.8. The molecule has 0 unspecified atom stereocenters. The average Bonchev–Trinajstić information content (AvgIpc) is 3.23. The van der Waals surface area contributed by atoms with Crippen molar-refractivity contribution in [3.8, 4) is 17.2 Å². The van der Waals surface area contributed by atoms with Gasteiger partial charge in [-0.1, -0.05) is 12.1 Å². The van der Waals surface area contributed by atoms with Crippen molar-refractivity contribution in [2.45, 2.75) is 20.5 Å². The van der Waals surface area contributed by atoms with Gasteiger partial charge in [-0.25, -0.2) is 9.79 Å². The molecule has 8 nitrogen and oxygen atoms in total. The van der Waals surface area contributed by atoms with Gasteiger partial charge in [0, 0.05) is 0 Å². The van der Waals surface area contributed by atoms with Crippen LogP contribution in [-0.2, 0) is 11.4 Å². The third-order valence-electron chi connectivity index (χ3n) is 5.22. The highest BCUT2D eigenvalue weighted by molar-refractivity contribution is 14.1. The number of hydrogen-bond donors (Lipinski definition) is 2. The molecule has 196 valence electrons. The molecule has 1 heterocycles. The smallest absolute Gasteiger partial charge is 0.335 e. The third kappa shape index (κ3) is 7.07. The van der Waals surface area contributed by atoms with Crippen molar-refractivity contribution >= 4 is 63.2 Å². The number of carboxylic acid groups (broad SMARTS) is 1. The number of aliphatic imine (C=N–C) groups is 1. The van der Waals surface area contributed by atoms with Gasteiger partial charge in [0.15, 0.2) is 16.7 Å². The fourth-order valence-corrected chi connectivity index (χ4v) is 5.18. The Balaban J connectivity index is 1.52. The summed E-state index contributed by atoms with van der Waals surface area (Å²) < 4.78 is 18.1. The number of aromatic carboxylic acids is 1. The van der Waals surface area contributed by atoms with Crippen LogP contribution in [0.2, 0.25) is 0 Å². The van der Waals surface area contributed by atoms with Crippen molar-refractivity contribution in [2.75, 3.05) is 13.2 Å². The number of rotatable bonds is 10. The molecular weight excluding hydrogens is 619 g/mol. The van der Waals surface area contributed by atoms with Crippen molar-refractivity contribution in [2.24, 2.45) is 4.99 Å². The molecule has 2 N–H and O–H groups in total. The number of carbonyl (C=O) groups is 2. The molecule has 1 saturated heterocycles. The monoisotopic (exact) mass is 644 g/mol. The molecule has 38 heavy (non-hydrogen) atoms. The lowest BCUT2D eigenvalue weighted by Crippen LogP contribution is -2.19. The summed E-state index contributed by atoms with van der Waals surface area (Å²) in [5, 5.41) is 12.5. The Bertz CT molecular complexity index is 1400. The van der Waals surface area contributed by atoms with Gasteiger partial charge in [0.25, 0.3) is 5.91 Å². The normalized spacial score (nSPS) is 15.0. The Morgan fingerprint density at radius 1 is 1.05 bits per heavy atom. The molecular formula is C28H25IN2O6S. The van der Waals surface area contributed by atoms with Gasteiger partial charge >= 0.3 is 5.97 Å². The highest BCUT2D eigenvalue weighted by Crippen LogP contribution is 2.37. The van der Waals surface area contributed by atoms with Crippen LogP contribution < -0.4 is 19.5 Å². The van der Waals surface area contributed by atoms with E-state index in [2.05, 4.69) is 32.9 Å². The maximum absolute atomic E-state index is 12.6. The lowest BCUT2D eigenvalue weighted by Gasteiger charge is -2.15. The first-order valence-corrected chi connectivity index (χ1v) is 13.7. The summed E-state index contributed by atoms with van der Waals surface area (Å²) in [4.78, 5) is 28.9. The molecule has 4 rings (SSSR count). The predicted octanol–water partition coefficient (Wildman–Crippen LogP) is 6.26. The van der Waals surface area contributed by atoms with Gasteiger partial charge in [-0.2, -0.15) is 0 Å². The van der Waals surface area contributed by atoms with Crippen LogP contribution >= 0.6 is 34.4 Å². The molecule has 0 aliphatic carbocycles. The molecule has 1 fully saturated rings. The minimum atomic E-state index is -0.990. The zero-order valence-electron chi connectivity index (χ0n) is 20.7. The predicted molar refractivity (Wildman–Crippen MR) is 156 cm³/mol. The number of amides is 1. The molecule has 10 heteroatoms. The molecule has 0 atom stereocenters. The second-order valence-corrected chi connectivity index (χ2v) is 10.2. The average molecular weight is 644 g/mol. The standard InChI is InChI=1S/C28H25IN2O6S/c1-3-35-21-10-8-20(9-11-21)30-28-31-26(32)24(38-28)15-18-13-22(29)25(23(14-18)36-4-2)37-16-17-6-5-7-19(12-17)27(33)34/h5-15H,3-4,16H2,1-2H3,(H,33,34)(H,30,31,32)/b24-15+. The molecule has 0 saturated carbocycles. The Labute approximate surface area is 238 Å². The Kier molecular flexibility index (Phi) is 9.29. The molecule has 0 radical (unpaired) electrons. The summed E-state index contributed by atoms with van der Waals surface area (Å²) in [6.07, 6.45) is 1.78. The van der Waals surface area contributed by atoms with Crippen LogP contribution in [0.1, 0.15) is 35.3 Å². The quantitative estimate of drug-likeness (QED) is 0.198. The van der Waals surface area contributed by atoms with Crippen LogP contribution in [0.25, 0.3) is 6.08 Å². The van der Waals surface area contributed by atoms with Gasteiger partial charge in [0.2, 0.25) is 0 Å². The number of carboxylic acids is 1. The number of carbonyl (C=O) groups excluding carboxylic acids is 1. The lowest BCUT2D eigenvalue weighted by atomic mass is 10.1. The minimum absolute atomic E-state index is 0.182. The summed E-state index contributed by atoms with van der Waals surface area (Å²) in [6, 6.07) is 17.7. The van der Waals surface area contributed by atoms with E-state index in [1.165, 1.54) is 17.8 Å². The number of amidine groups is 1. The third-order valence-corrected chi connectivity index (χ3v) is 6.93. The van der Waals surface area contributed by atoms with Gasteiger partial charge < -0.3 is 24.6 Å². The fourth-order valence-electron chi connectivity index (χ4n) is 3.56. The van der Waals surface area contributed by atoms with Crippen LogP contribution in [0.4, 0.5) is 5.69 Å². The first-order valence-electron chi connectivity index (χ1n) is 11.8. The molecule has 3 aromatic carbocycles. The summed E-state index contributed by atoms with van der Waals surface area (Å²) >= 11 is 3.42. The number of halogens is 1. The maximum atomic E-state index is 12.6. The van der Waals surface area contributed by atoms with Crippen molar-refractivity contribution in [1.82, 2.24) is 5.32 Å². The number of ether oxygens (including phenoxy) is 3.